The Kier molecular flexibility index (Phi) is 6.19. The zero-order chi connectivity index (χ0) is 15.2. The number of nitrogens with one attached hydrogen (secondary N) is 1. The Labute approximate surface area is 128 Å². The van der Waals surface area contributed by atoms with Gasteiger partial charge in [0.25, 0.3) is 0 Å². The molecule has 1 saturated carbocycles. The third-order valence-electron chi connectivity index (χ3n) is 4.44. The summed E-state index contributed by atoms with van der Waals surface area (Å²) in [4.78, 5) is 2.52. The van der Waals surface area contributed by atoms with Crippen LogP contribution in [-0.2, 0) is 0 Å². The highest BCUT2D eigenvalue weighted by atomic mass is 19.1. The van der Waals surface area contributed by atoms with Crippen LogP contribution in [0.5, 0.6) is 0 Å². The van der Waals surface area contributed by atoms with Gasteiger partial charge in [0.05, 0.1) is 0 Å². The lowest BCUT2D eigenvalue weighted by molar-refractivity contribution is 0.211. The van der Waals surface area contributed by atoms with Crippen LogP contribution < -0.4 is 5.32 Å². The van der Waals surface area contributed by atoms with E-state index < -0.39 is 0 Å². The Morgan fingerprint density at radius 1 is 1.29 bits per heavy atom. The smallest absolute Gasteiger partial charge is 0.127 e. The zero-order valence-corrected chi connectivity index (χ0v) is 13.6. The molecule has 1 aromatic carbocycles. The number of rotatable bonds is 9. The summed E-state index contributed by atoms with van der Waals surface area (Å²) in [5.41, 5.74) is 0.800. The Morgan fingerprint density at radius 2 is 2.00 bits per heavy atom. The molecule has 1 aliphatic carbocycles. The van der Waals surface area contributed by atoms with E-state index in [0.717, 1.165) is 31.1 Å². The van der Waals surface area contributed by atoms with Crippen molar-refractivity contribution < 1.29 is 4.39 Å². The highest BCUT2D eigenvalue weighted by molar-refractivity contribution is 5.22. The second-order valence-corrected chi connectivity index (χ2v) is 6.33. The van der Waals surface area contributed by atoms with Crippen LogP contribution in [0.4, 0.5) is 4.39 Å². The van der Waals surface area contributed by atoms with E-state index in [1.807, 2.05) is 12.1 Å². The average Bonchev–Trinajstić information content (AvgIpc) is 3.29. The fourth-order valence-corrected chi connectivity index (χ4v) is 3.08. The number of nitrogens with zero attached hydrogens (tertiary/aromatic N) is 1. The summed E-state index contributed by atoms with van der Waals surface area (Å²) in [6.07, 6.45) is 2.77. The van der Waals surface area contributed by atoms with Crippen molar-refractivity contribution in [2.75, 3.05) is 26.2 Å². The molecule has 0 heterocycles. The first-order valence-corrected chi connectivity index (χ1v) is 8.35. The number of hydrogen-bond donors (Lipinski definition) is 1. The van der Waals surface area contributed by atoms with Crippen LogP contribution in [0.25, 0.3) is 0 Å². The molecular formula is C18H29FN2. The van der Waals surface area contributed by atoms with Crippen molar-refractivity contribution in [2.45, 2.75) is 39.7 Å². The van der Waals surface area contributed by atoms with Crippen LogP contribution in [0.15, 0.2) is 24.3 Å². The summed E-state index contributed by atoms with van der Waals surface area (Å²) in [5, 5.41) is 3.47. The van der Waals surface area contributed by atoms with Crippen LogP contribution >= 0.6 is 0 Å². The number of benzene rings is 1. The fourth-order valence-electron chi connectivity index (χ4n) is 3.08. The fraction of sp³-hybridized carbons (Fsp3) is 0.667. The second kappa shape index (κ2) is 7.90. The average molecular weight is 292 g/mol. The minimum absolute atomic E-state index is 0.0875. The van der Waals surface area contributed by atoms with Crippen molar-refractivity contribution >= 4 is 0 Å². The molecule has 0 bridgehead atoms. The molecule has 1 fully saturated rings. The molecule has 1 aromatic rings. The van der Waals surface area contributed by atoms with E-state index >= 15 is 0 Å². The second-order valence-electron chi connectivity index (χ2n) is 6.33. The monoisotopic (exact) mass is 292 g/mol. The Morgan fingerprint density at radius 3 is 2.57 bits per heavy atom. The molecule has 118 valence electrons. The first kappa shape index (κ1) is 16.4. The Bertz CT molecular complexity index is 431. The summed E-state index contributed by atoms with van der Waals surface area (Å²) in [5.74, 6) is 1.20. The molecule has 2 atom stereocenters. The summed E-state index contributed by atoms with van der Waals surface area (Å²) in [6.45, 7) is 10.7. The highest BCUT2D eigenvalue weighted by Crippen LogP contribution is 2.31. The van der Waals surface area contributed by atoms with Gasteiger partial charge in [-0.05, 0) is 43.8 Å². The molecule has 21 heavy (non-hydrogen) atoms. The van der Waals surface area contributed by atoms with Crippen LogP contribution in [0.3, 0.4) is 0 Å². The van der Waals surface area contributed by atoms with Gasteiger partial charge in [-0.25, -0.2) is 4.39 Å². The van der Waals surface area contributed by atoms with Gasteiger partial charge in [-0.1, -0.05) is 39.0 Å². The summed E-state index contributed by atoms with van der Waals surface area (Å²) < 4.78 is 14.1. The predicted molar refractivity (Wildman–Crippen MR) is 86.8 cm³/mol. The highest BCUT2D eigenvalue weighted by Gasteiger charge is 2.27. The van der Waals surface area contributed by atoms with Crippen LogP contribution in [0, 0.1) is 17.7 Å². The molecule has 0 radical (unpaired) electrons. The third kappa shape index (κ3) is 4.79. The molecule has 0 aromatic heterocycles. The molecule has 1 N–H and O–H groups in total. The zero-order valence-electron chi connectivity index (χ0n) is 13.6. The topological polar surface area (TPSA) is 15.3 Å². The van der Waals surface area contributed by atoms with Gasteiger partial charge in [0.1, 0.15) is 5.82 Å². The van der Waals surface area contributed by atoms with Crippen molar-refractivity contribution in [3.05, 3.63) is 35.6 Å². The van der Waals surface area contributed by atoms with Gasteiger partial charge in [0.15, 0.2) is 0 Å². The molecule has 0 amide bonds. The van der Waals surface area contributed by atoms with E-state index in [2.05, 4.69) is 31.0 Å². The van der Waals surface area contributed by atoms with Crippen LogP contribution in [0.1, 0.15) is 45.2 Å². The summed E-state index contributed by atoms with van der Waals surface area (Å²) in [6, 6.07) is 7.25. The summed E-state index contributed by atoms with van der Waals surface area (Å²) >= 11 is 0. The van der Waals surface area contributed by atoms with E-state index in [4.69, 9.17) is 0 Å². The Balaban J connectivity index is 2.03. The van der Waals surface area contributed by atoms with Gasteiger partial charge in [-0.2, -0.15) is 0 Å². The SMILES string of the molecule is CCNC(c1ccccc1F)C(C)CN(CC)CC1CC1. The van der Waals surface area contributed by atoms with Crippen molar-refractivity contribution in [1.29, 1.82) is 0 Å². The molecule has 1 aliphatic rings. The first-order chi connectivity index (χ1) is 10.2. The van der Waals surface area contributed by atoms with Crippen molar-refractivity contribution in [2.24, 2.45) is 11.8 Å². The van der Waals surface area contributed by atoms with E-state index in [0.29, 0.717) is 5.92 Å². The quantitative estimate of drug-likeness (QED) is 0.744. The van der Waals surface area contributed by atoms with E-state index in [-0.39, 0.29) is 11.9 Å². The van der Waals surface area contributed by atoms with Crippen LogP contribution in [0.2, 0.25) is 0 Å². The van der Waals surface area contributed by atoms with Gasteiger partial charge in [0.2, 0.25) is 0 Å². The van der Waals surface area contributed by atoms with Gasteiger partial charge >= 0.3 is 0 Å². The molecule has 2 unspecified atom stereocenters. The van der Waals surface area contributed by atoms with Gasteiger partial charge < -0.3 is 10.2 Å². The van der Waals surface area contributed by atoms with Gasteiger partial charge in [-0.3, -0.25) is 0 Å². The Hall–Kier alpha value is -0.930. The molecular weight excluding hydrogens is 263 g/mol. The van der Waals surface area contributed by atoms with Crippen molar-refractivity contribution in [1.82, 2.24) is 10.2 Å². The molecule has 0 saturated heterocycles. The minimum Gasteiger partial charge on any atom is -0.310 e. The van der Waals surface area contributed by atoms with E-state index in [1.165, 1.54) is 19.4 Å². The molecule has 2 nitrogen and oxygen atoms in total. The molecule has 3 heteroatoms. The van der Waals surface area contributed by atoms with Crippen molar-refractivity contribution in [3.8, 4) is 0 Å². The van der Waals surface area contributed by atoms with Gasteiger partial charge in [0, 0.05) is 24.7 Å². The minimum atomic E-state index is -0.0967. The number of halogens is 1. The largest absolute Gasteiger partial charge is 0.310 e. The van der Waals surface area contributed by atoms with E-state index in [9.17, 15) is 4.39 Å². The maximum Gasteiger partial charge on any atom is 0.127 e. The maximum absolute atomic E-state index is 14.1. The first-order valence-electron chi connectivity index (χ1n) is 8.35. The number of hydrogen-bond acceptors (Lipinski definition) is 2. The standard InChI is InChI=1S/C18H29FN2/c1-4-20-18(16-8-6-7-9-17(16)19)14(3)12-21(5-2)13-15-10-11-15/h6-9,14-15,18,20H,4-5,10-13H2,1-3H3. The lowest BCUT2D eigenvalue weighted by Crippen LogP contribution is -2.37. The predicted octanol–water partition coefficient (Wildman–Crippen LogP) is 3.84. The molecule has 0 spiro atoms. The normalized spacial score (nSPS) is 18.0. The maximum atomic E-state index is 14.1. The summed E-state index contributed by atoms with van der Waals surface area (Å²) in [7, 11) is 0. The van der Waals surface area contributed by atoms with Crippen LogP contribution in [-0.4, -0.2) is 31.1 Å². The lowest BCUT2D eigenvalue weighted by Gasteiger charge is -2.31. The van der Waals surface area contributed by atoms with Gasteiger partial charge in [-0.15, -0.1) is 0 Å². The lowest BCUT2D eigenvalue weighted by atomic mass is 9.93. The van der Waals surface area contributed by atoms with Crippen molar-refractivity contribution in [3.63, 3.8) is 0 Å². The van der Waals surface area contributed by atoms with E-state index in [1.54, 1.807) is 12.1 Å². The molecule has 0 aliphatic heterocycles. The third-order valence-corrected chi connectivity index (χ3v) is 4.44. The molecule has 2 rings (SSSR count).